The van der Waals surface area contributed by atoms with Crippen LogP contribution in [-0.2, 0) is 6.42 Å². The summed E-state index contributed by atoms with van der Waals surface area (Å²) in [6.45, 7) is 2.26. The molecule has 35 heavy (non-hydrogen) atoms. The van der Waals surface area contributed by atoms with Crippen molar-refractivity contribution in [1.82, 2.24) is 10.2 Å². The standard InChI is InChI=1S/C25H19N5O4S/c1-15-11-18-12-21-22(34-14-33-21)13-20(18)23(16-7-9-19(10-8-16)30(31)32)28-29(15)25-27-26-24(35-25)17-5-3-2-4-6-17/h2-10,12-13,15H,11,14H2,1H3. The van der Waals surface area contributed by atoms with E-state index in [4.69, 9.17) is 14.6 Å². The minimum Gasteiger partial charge on any atom is -0.454 e. The van der Waals surface area contributed by atoms with Gasteiger partial charge in [-0.1, -0.05) is 41.7 Å². The summed E-state index contributed by atoms with van der Waals surface area (Å²) in [5, 5.41) is 28.4. The molecule has 0 amide bonds. The number of rotatable bonds is 4. The monoisotopic (exact) mass is 485 g/mol. The Morgan fingerprint density at radius 1 is 1.00 bits per heavy atom. The van der Waals surface area contributed by atoms with Crippen molar-refractivity contribution in [1.29, 1.82) is 0 Å². The van der Waals surface area contributed by atoms with Crippen LogP contribution in [0.2, 0.25) is 0 Å². The SMILES string of the molecule is CC1Cc2cc3c(cc2C(c2ccc([N+](=O)[O-])cc2)=NN1c1nnc(-c2ccccc2)s1)OCO3. The predicted molar refractivity (Wildman–Crippen MR) is 132 cm³/mol. The number of hydrazone groups is 1. The number of nitro groups is 1. The van der Waals surface area contributed by atoms with E-state index in [2.05, 4.69) is 17.1 Å². The highest BCUT2D eigenvalue weighted by atomic mass is 32.1. The molecule has 0 N–H and O–H groups in total. The molecule has 0 saturated heterocycles. The molecule has 0 bridgehead atoms. The van der Waals surface area contributed by atoms with Crippen molar-refractivity contribution in [2.75, 3.05) is 11.8 Å². The lowest BCUT2D eigenvalue weighted by Gasteiger charge is -2.21. The maximum Gasteiger partial charge on any atom is 0.269 e. The molecule has 2 aliphatic heterocycles. The quantitative estimate of drug-likeness (QED) is 0.294. The van der Waals surface area contributed by atoms with Gasteiger partial charge in [0.1, 0.15) is 5.01 Å². The second-order valence-electron chi connectivity index (χ2n) is 8.27. The van der Waals surface area contributed by atoms with Crippen molar-refractivity contribution in [3.8, 4) is 22.1 Å². The van der Waals surface area contributed by atoms with Crippen molar-refractivity contribution >= 4 is 27.9 Å². The summed E-state index contributed by atoms with van der Waals surface area (Å²) in [5.74, 6) is 1.36. The van der Waals surface area contributed by atoms with E-state index in [1.165, 1.54) is 23.5 Å². The first-order valence-corrected chi connectivity index (χ1v) is 11.8. The number of anilines is 1. The molecule has 1 aromatic heterocycles. The minimum absolute atomic E-state index is 0.0238. The van der Waals surface area contributed by atoms with Gasteiger partial charge in [-0.25, -0.2) is 5.01 Å². The number of nitro benzene ring substituents is 1. The molecular weight excluding hydrogens is 466 g/mol. The Hall–Kier alpha value is -4.31. The van der Waals surface area contributed by atoms with Crippen molar-refractivity contribution in [2.24, 2.45) is 5.10 Å². The third kappa shape index (κ3) is 3.87. The zero-order valence-corrected chi connectivity index (χ0v) is 19.4. The first kappa shape index (κ1) is 21.2. The minimum atomic E-state index is -0.411. The molecule has 0 saturated carbocycles. The smallest absolute Gasteiger partial charge is 0.269 e. The van der Waals surface area contributed by atoms with Crippen molar-refractivity contribution in [3.05, 3.63) is 93.5 Å². The van der Waals surface area contributed by atoms with Gasteiger partial charge < -0.3 is 9.47 Å². The number of aromatic nitrogens is 2. The molecule has 3 heterocycles. The van der Waals surface area contributed by atoms with E-state index in [0.29, 0.717) is 28.8 Å². The zero-order chi connectivity index (χ0) is 23.9. The first-order valence-electron chi connectivity index (χ1n) is 11.0. The normalized spacial score (nSPS) is 16.4. The summed E-state index contributed by atoms with van der Waals surface area (Å²) in [4.78, 5) is 10.8. The Kier molecular flexibility index (Phi) is 5.14. The molecule has 6 rings (SSSR count). The van der Waals surface area contributed by atoms with E-state index in [0.717, 1.165) is 27.3 Å². The van der Waals surface area contributed by atoms with Crippen LogP contribution in [0.5, 0.6) is 11.5 Å². The van der Waals surface area contributed by atoms with Gasteiger partial charge in [0, 0.05) is 28.8 Å². The van der Waals surface area contributed by atoms with Crippen LogP contribution in [0.25, 0.3) is 10.6 Å². The molecule has 0 spiro atoms. The number of ether oxygens (including phenoxy) is 2. The van der Waals surface area contributed by atoms with Gasteiger partial charge in [-0.05, 0) is 43.2 Å². The van der Waals surface area contributed by atoms with Crippen LogP contribution in [0.3, 0.4) is 0 Å². The van der Waals surface area contributed by atoms with Crippen LogP contribution in [-0.4, -0.2) is 33.7 Å². The van der Waals surface area contributed by atoms with Crippen LogP contribution in [0.15, 0.2) is 71.8 Å². The van der Waals surface area contributed by atoms with Gasteiger partial charge in [-0.2, -0.15) is 5.10 Å². The highest BCUT2D eigenvalue weighted by Gasteiger charge is 2.29. The van der Waals surface area contributed by atoms with Gasteiger partial charge in [0.15, 0.2) is 11.5 Å². The van der Waals surface area contributed by atoms with Gasteiger partial charge >= 0.3 is 0 Å². The summed E-state index contributed by atoms with van der Waals surface area (Å²) >= 11 is 1.47. The lowest BCUT2D eigenvalue weighted by Crippen LogP contribution is -2.29. The third-order valence-corrected chi connectivity index (χ3v) is 6.94. The number of hydrogen-bond donors (Lipinski definition) is 0. The van der Waals surface area contributed by atoms with Gasteiger partial charge in [-0.3, -0.25) is 10.1 Å². The molecule has 9 nitrogen and oxygen atoms in total. The number of nitrogens with zero attached hydrogens (tertiary/aromatic N) is 5. The van der Waals surface area contributed by atoms with Gasteiger partial charge in [0.05, 0.1) is 16.7 Å². The van der Waals surface area contributed by atoms with Crippen LogP contribution in [0.4, 0.5) is 10.8 Å². The Morgan fingerprint density at radius 2 is 1.74 bits per heavy atom. The molecular formula is C25H19N5O4S. The fraction of sp³-hybridized carbons (Fsp3) is 0.160. The predicted octanol–water partition coefficient (Wildman–Crippen LogP) is 5.05. The second kappa shape index (κ2) is 8.48. The van der Waals surface area contributed by atoms with Gasteiger partial charge in [-0.15, -0.1) is 10.2 Å². The zero-order valence-electron chi connectivity index (χ0n) is 18.6. The van der Waals surface area contributed by atoms with Crippen LogP contribution >= 0.6 is 11.3 Å². The Balaban J connectivity index is 1.48. The number of fused-ring (bicyclic) bond motifs is 2. The van der Waals surface area contributed by atoms with Crippen molar-refractivity contribution < 1.29 is 14.4 Å². The van der Waals surface area contributed by atoms with Gasteiger partial charge in [0.2, 0.25) is 11.9 Å². The van der Waals surface area contributed by atoms with Gasteiger partial charge in [0.25, 0.3) is 5.69 Å². The molecule has 0 fully saturated rings. The van der Waals surface area contributed by atoms with E-state index in [1.54, 1.807) is 12.1 Å². The molecule has 1 atom stereocenters. The lowest BCUT2D eigenvalue weighted by molar-refractivity contribution is -0.384. The van der Waals surface area contributed by atoms with Crippen LogP contribution in [0.1, 0.15) is 23.6 Å². The number of hydrogen-bond acceptors (Lipinski definition) is 9. The maximum absolute atomic E-state index is 11.2. The molecule has 4 aromatic rings. The van der Waals surface area contributed by atoms with E-state index >= 15 is 0 Å². The summed E-state index contributed by atoms with van der Waals surface area (Å²) in [7, 11) is 0. The van der Waals surface area contributed by atoms with E-state index < -0.39 is 4.92 Å². The molecule has 0 aliphatic carbocycles. The summed E-state index contributed by atoms with van der Waals surface area (Å²) < 4.78 is 11.2. The fourth-order valence-corrected chi connectivity index (χ4v) is 5.13. The molecule has 1 unspecified atom stereocenters. The highest BCUT2D eigenvalue weighted by Crippen LogP contribution is 2.39. The molecule has 2 aliphatic rings. The summed E-state index contributed by atoms with van der Waals surface area (Å²) in [6, 6.07) is 20.2. The summed E-state index contributed by atoms with van der Waals surface area (Å²) in [5.41, 5.74) is 4.39. The van der Waals surface area contributed by atoms with E-state index in [9.17, 15) is 10.1 Å². The fourth-order valence-electron chi connectivity index (χ4n) is 4.23. The largest absolute Gasteiger partial charge is 0.454 e. The Labute approximate surface area is 204 Å². The van der Waals surface area contributed by atoms with Crippen molar-refractivity contribution in [2.45, 2.75) is 19.4 Å². The molecule has 0 radical (unpaired) electrons. The lowest BCUT2D eigenvalue weighted by atomic mass is 9.94. The first-order chi connectivity index (χ1) is 17.1. The Bertz CT molecular complexity index is 1450. The third-order valence-electron chi connectivity index (χ3n) is 5.98. The van der Waals surface area contributed by atoms with Crippen molar-refractivity contribution in [3.63, 3.8) is 0 Å². The second-order valence-corrected chi connectivity index (χ2v) is 9.22. The molecule has 3 aromatic carbocycles. The number of non-ortho nitro benzene ring substituents is 1. The highest BCUT2D eigenvalue weighted by molar-refractivity contribution is 7.18. The average molecular weight is 486 g/mol. The van der Waals surface area contributed by atoms with E-state index in [-0.39, 0.29) is 18.5 Å². The Morgan fingerprint density at radius 3 is 2.49 bits per heavy atom. The average Bonchev–Trinajstić information content (AvgIpc) is 3.52. The maximum atomic E-state index is 11.2. The summed E-state index contributed by atoms with van der Waals surface area (Å²) in [6.07, 6.45) is 0.687. The number of benzene rings is 3. The van der Waals surface area contributed by atoms with Crippen LogP contribution in [0, 0.1) is 10.1 Å². The topological polar surface area (TPSA) is 103 Å². The molecule has 174 valence electrons. The van der Waals surface area contributed by atoms with E-state index in [1.807, 2.05) is 47.5 Å². The van der Waals surface area contributed by atoms with Crippen LogP contribution < -0.4 is 14.5 Å². The molecule has 10 heteroatoms.